The highest BCUT2D eigenvalue weighted by Crippen LogP contribution is 2.24. The van der Waals surface area contributed by atoms with Crippen LogP contribution in [0.4, 0.5) is 0 Å². The van der Waals surface area contributed by atoms with Crippen molar-refractivity contribution in [3.05, 3.63) is 12.2 Å². The highest BCUT2D eigenvalue weighted by Gasteiger charge is 2.46. The normalized spacial score (nSPS) is 24.5. The number of ether oxygens (including phenoxy) is 17. The van der Waals surface area contributed by atoms with Gasteiger partial charge in [-0.1, -0.05) is 38.5 Å². The molecular formula is C75H136N10O34. The molecule has 0 aromatic rings. The summed E-state index contributed by atoms with van der Waals surface area (Å²) in [5.41, 5.74) is 16.3. The van der Waals surface area contributed by atoms with Crippen LogP contribution in [0.2, 0.25) is 0 Å². The molecule has 44 heteroatoms. The Morgan fingerprint density at radius 2 is 0.639 bits per heavy atom. The zero-order valence-corrected chi connectivity index (χ0v) is 68.8. The molecule has 0 saturated carbocycles. The maximum Gasteiger partial charge on any atom is 0.253 e. The molecule has 690 valence electrons. The number of unbranched alkanes of at least 4 members (excludes halogenated alkanes) is 7. The minimum Gasteiger partial charge on any atom is -0.394 e. The summed E-state index contributed by atoms with van der Waals surface area (Å²) in [6, 6.07) is -3.15. The summed E-state index contributed by atoms with van der Waals surface area (Å²) < 4.78 is 96.0. The van der Waals surface area contributed by atoms with Crippen LogP contribution in [0, 0.1) is 0 Å². The second-order valence-electron chi connectivity index (χ2n) is 29.0. The number of aliphatic hydroxyl groups is 9. The molecule has 3 saturated heterocycles. The first kappa shape index (κ1) is 106. The maximum absolute atomic E-state index is 14.0. The van der Waals surface area contributed by atoms with Crippen LogP contribution in [0.3, 0.4) is 0 Å². The number of rotatable bonds is 71. The molecule has 119 heavy (non-hydrogen) atoms. The topological polar surface area (TPSA) is 629 Å². The molecule has 3 fully saturated rings. The predicted octanol–water partition coefficient (Wildman–Crippen LogP) is -7.92. The fourth-order valence-electron chi connectivity index (χ4n) is 12.0. The van der Waals surface area contributed by atoms with E-state index in [1.165, 1.54) is 0 Å². The van der Waals surface area contributed by atoms with Crippen LogP contribution in [-0.4, -0.2) is 412 Å². The molecule has 0 radical (unpaired) electrons. The van der Waals surface area contributed by atoms with Crippen LogP contribution in [0.5, 0.6) is 0 Å². The van der Waals surface area contributed by atoms with Crippen molar-refractivity contribution in [1.82, 2.24) is 36.8 Å². The molecule has 0 bridgehead atoms. The van der Waals surface area contributed by atoms with E-state index in [-0.39, 0.29) is 259 Å². The van der Waals surface area contributed by atoms with Crippen molar-refractivity contribution in [2.45, 2.75) is 207 Å². The minimum atomic E-state index is -1.40. The van der Waals surface area contributed by atoms with Crippen LogP contribution in [0.25, 0.3) is 0 Å². The van der Waals surface area contributed by atoms with E-state index in [0.29, 0.717) is 19.3 Å². The first-order valence-electron chi connectivity index (χ1n) is 40.9. The van der Waals surface area contributed by atoms with Crippen molar-refractivity contribution in [3.63, 3.8) is 0 Å². The highest BCUT2D eigenvalue weighted by atomic mass is 16.7. The first-order valence-corrected chi connectivity index (χ1v) is 40.9. The molecule has 0 aromatic heterocycles. The van der Waals surface area contributed by atoms with E-state index in [4.69, 9.17) is 97.7 Å². The largest absolute Gasteiger partial charge is 0.394 e. The summed E-state index contributed by atoms with van der Waals surface area (Å²) in [6.07, 6.45) is -5.79. The van der Waals surface area contributed by atoms with E-state index < -0.39 is 135 Å². The van der Waals surface area contributed by atoms with Crippen LogP contribution >= 0.6 is 0 Å². The number of hydrogen-bond acceptors (Lipinski definition) is 37. The number of nitrogens with one attached hydrogen (secondary N) is 6. The van der Waals surface area contributed by atoms with Gasteiger partial charge in [-0.05, 0) is 26.7 Å². The lowest BCUT2D eigenvalue weighted by atomic mass is 9.98. The molecule has 4 aliphatic heterocycles. The van der Waals surface area contributed by atoms with Crippen molar-refractivity contribution in [3.8, 4) is 0 Å². The molecule has 15 atom stereocenters. The van der Waals surface area contributed by atoms with Crippen LogP contribution in [0.15, 0.2) is 12.2 Å². The van der Waals surface area contributed by atoms with Gasteiger partial charge in [0.05, 0.1) is 190 Å². The molecular weight excluding hydrogens is 1580 g/mol. The fourth-order valence-corrected chi connectivity index (χ4v) is 12.0. The van der Waals surface area contributed by atoms with E-state index in [9.17, 15) is 84.3 Å². The maximum atomic E-state index is 14.0. The van der Waals surface area contributed by atoms with Gasteiger partial charge in [-0.25, -0.2) is 0 Å². The Labute approximate surface area is 693 Å². The van der Waals surface area contributed by atoms with E-state index in [1.54, 1.807) is 13.8 Å². The first-order chi connectivity index (χ1) is 57.2. The average Bonchev–Trinajstić information content (AvgIpc) is 1.39. The molecule has 15 unspecified atom stereocenters. The quantitative estimate of drug-likeness (QED) is 0.0153. The monoisotopic (exact) mass is 1720 g/mol. The van der Waals surface area contributed by atoms with Gasteiger partial charge < -0.3 is 176 Å². The van der Waals surface area contributed by atoms with E-state index in [0.717, 1.165) is 55.6 Å². The SMILES string of the molecule is CC(C)(OCCNC(=O)CCCCCCCCCCC(=O)NC(COCCC(=O)NCCOCCOCCOC1OC(CO)C(O)C(O)C1N)(COCCC(=O)NCCOCCOCCOC1OC(CO)C(O)C(O)C1N)COCCC(=O)NCCOCCOCCOC1OC(CO)C(O)C(O)C1N)OCCNC(=O)CCN1C(=O)C=CC1=O. The molecule has 0 aliphatic carbocycles. The molecule has 4 aliphatic rings. The standard InChI is InChI=1S/C75H136N10O34/c1-74(2,116-32-23-83-55(90)15-24-85-60(95)13-14-61(85)96)115-31-22-82-54(89)11-9-7-5-3-4-6-8-10-12-59(94)84-75(48-109-25-16-56(91)79-19-28-103-33-36-106-39-42-112-71-62(76)68(100)65(97)51(45-86)117-71,49-110-26-17-57(92)80-20-29-104-34-37-107-40-43-113-72-63(77)69(101)66(98)52(46-87)118-72)50-111-27-18-58(93)81-21-30-105-35-38-108-41-44-114-73-64(78)70(102)67(99)53(47-88)119-73/h13-14,51-53,62-73,86-88,97-102H,3-12,15-50,76-78H2,1-2H3,(H,79,91)(H,80,92)(H,81,93)(H,82,89)(H,83,90)(H,84,94). The Balaban J connectivity index is 1.23. The highest BCUT2D eigenvalue weighted by molar-refractivity contribution is 6.13. The van der Waals surface area contributed by atoms with Gasteiger partial charge in [0.1, 0.15) is 60.5 Å². The van der Waals surface area contributed by atoms with Crippen molar-refractivity contribution in [2.75, 3.05) is 211 Å². The molecule has 0 spiro atoms. The molecule has 44 nitrogen and oxygen atoms in total. The lowest BCUT2D eigenvalue weighted by Crippen LogP contribution is -2.62. The van der Waals surface area contributed by atoms with Gasteiger partial charge in [0.2, 0.25) is 35.4 Å². The zero-order chi connectivity index (χ0) is 87.1. The van der Waals surface area contributed by atoms with Crippen molar-refractivity contribution >= 4 is 47.3 Å². The zero-order valence-electron chi connectivity index (χ0n) is 68.8. The molecule has 4 heterocycles. The number of carbonyl (C=O) groups excluding carboxylic acids is 8. The summed E-state index contributed by atoms with van der Waals surface area (Å²) in [7, 11) is 0. The second-order valence-corrected chi connectivity index (χ2v) is 29.0. The van der Waals surface area contributed by atoms with Gasteiger partial charge >= 0.3 is 0 Å². The van der Waals surface area contributed by atoms with Gasteiger partial charge in [-0.3, -0.25) is 43.3 Å². The lowest BCUT2D eigenvalue weighted by molar-refractivity contribution is -0.267. The Kier molecular flexibility index (Phi) is 55.7. The number of carbonyl (C=O) groups is 8. The Morgan fingerprint density at radius 1 is 0.361 bits per heavy atom. The van der Waals surface area contributed by atoms with Crippen LogP contribution in [0.1, 0.15) is 104 Å². The van der Waals surface area contributed by atoms with Crippen molar-refractivity contribution < 1.29 is 165 Å². The molecule has 21 N–H and O–H groups in total. The Bertz CT molecular complexity index is 2630. The van der Waals surface area contributed by atoms with Gasteiger partial charge in [0, 0.05) is 89.9 Å². The second kappa shape index (κ2) is 62.6. The Hall–Kier alpha value is -5.46. The fraction of sp³-hybridized carbons (Fsp3) is 0.867. The van der Waals surface area contributed by atoms with Gasteiger partial charge in [-0.15, -0.1) is 0 Å². The number of hydrogen-bond donors (Lipinski definition) is 18. The van der Waals surface area contributed by atoms with Gasteiger partial charge in [-0.2, -0.15) is 0 Å². The van der Waals surface area contributed by atoms with Gasteiger partial charge in [0.15, 0.2) is 24.7 Å². The number of nitrogens with two attached hydrogens (primary N) is 3. The molecule has 8 amide bonds. The third-order valence-electron chi connectivity index (χ3n) is 18.9. The number of nitrogens with zero attached hydrogens (tertiary/aromatic N) is 1. The summed E-state index contributed by atoms with van der Waals surface area (Å²) in [4.78, 5) is 102. The Morgan fingerprint density at radius 3 is 0.966 bits per heavy atom. The third-order valence-corrected chi connectivity index (χ3v) is 18.9. The number of imide groups is 1. The molecule has 4 rings (SSSR count). The number of amides is 8. The van der Waals surface area contributed by atoms with E-state index in [1.807, 2.05) is 0 Å². The summed E-state index contributed by atoms with van der Waals surface area (Å²) in [5.74, 6) is -3.82. The summed E-state index contributed by atoms with van der Waals surface area (Å²) in [6.45, 7) is 3.90. The average molecular weight is 1720 g/mol. The summed E-state index contributed by atoms with van der Waals surface area (Å²) >= 11 is 0. The smallest absolute Gasteiger partial charge is 0.253 e. The van der Waals surface area contributed by atoms with Crippen molar-refractivity contribution in [2.24, 2.45) is 17.2 Å². The number of aliphatic hydroxyl groups excluding tert-OH is 9. The van der Waals surface area contributed by atoms with Crippen molar-refractivity contribution in [1.29, 1.82) is 0 Å². The van der Waals surface area contributed by atoms with Gasteiger partial charge in [0.25, 0.3) is 11.8 Å². The van der Waals surface area contributed by atoms with E-state index in [2.05, 4.69) is 31.9 Å². The predicted molar refractivity (Wildman–Crippen MR) is 415 cm³/mol. The minimum absolute atomic E-state index is 0.0221. The lowest BCUT2D eigenvalue weighted by Gasteiger charge is -2.40. The van der Waals surface area contributed by atoms with Crippen LogP contribution in [-0.2, 0) is 119 Å². The third kappa shape index (κ3) is 44.6. The molecule has 0 aromatic carbocycles. The van der Waals surface area contributed by atoms with Crippen LogP contribution < -0.4 is 49.1 Å². The summed E-state index contributed by atoms with van der Waals surface area (Å²) in [5, 5.41) is 106. The van der Waals surface area contributed by atoms with E-state index >= 15 is 0 Å².